The monoisotopic (exact) mass is 476 g/mol. The third kappa shape index (κ3) is 3.94. The molecule has 9 heteroatoms. The van der Waals surface area contributed by atoms with Crippen LogP contribution in [0, 0.1) is 0 Å². The first kappa shape index (κ1) is 20.6. The lowest BCUT2D eigenvalue weighted by Gasteiger charge is -2.35. The van der Waals surface area contributed by atoms with Crippen molar-refractivity contribution < 1.29 is 22.7 Å². The van der Waals surface area contributed by atoms with E-state index in [1.165, 1.54) is 0 Å². The van der Waals surface area contributed by atoms with Gasteiger partial charge in [-0.25, -0.2) is 0 Å². The van der Waals surface area contributed by atoms with E-state index in [-0.39, 0.29) is 19.8 Å². The summed E-state index contributed by atoms with van der Waals surface area (Å²) in [5, 5.41) is 0.422. The van der Waals surface area contributed by atoms with Crippen molar-refractivity contribution in [3.05, 3.63) is 30.3 Å². The van der Waals surface area contributed by atoms with Crippen LogP contribution < -0.4 is 5.30 Å². The van der Waals surface area contributed by atoms with E-state index in [0.717, 1.165) is 0 Å². The Kier molecular flexibility index (Phi) is 8.01. The average molecular weight is 478 g/mol. The maximum Gasteiger partial charge on any atom is 0.368 e. The maximum absolute atomic E-state index is 13.6. The zero-order valence-electron chi connectivity index (χ0n) is 12.7. The van der Waals surface area contributed by atoms with Gasteiger partial charge in [0, 0.05) is 5.30 Å². The third-order valence-corrected chi connectivity index (χ3v) is 13.8. The Balaban J connectivity index is 3.46. The third-order valence-electron chi connectivity index (χ3n) is 2.69. The van der Waals surface area contributed by atoms with Crippen LogP contribution >= 0.6 is 46.8 Å². The van der Waals surface area contributed by atoms with Crippen LogP contribution in [0.25, 0.3) is 0 Å². The van der Waals surface area contributed by atoms with E-state index < -0.39 is 17.7 Å². The molecule has 0 N–H and O–H groups in total. The van der Waals surface area contributed by atoms with Gasteiger partial charge in [-0.3, -0.25) is 9.13 Å². The predicted molar refractivity (Wildman–Crippen MR) is 96.8 cm³/mol. The first-order chi connectivity index (χ1) is 10.3. The van der Waals surface area contributed by atoms with E-state index in [0.29, 0.717) is 5.30 Å². The second-order valence-corrected chi connectivity index (χ2v) is 15.1. The summed E-state index contributed by atoms with van der Waals surface area (Å²) >= 11 is 6.56. The number of alkyl halides is 2. The molecule has 1 aromatic carbocycles. The van der Waals surface area contributed by atoms with Gasteiger partial charge in [0.1, 0.15) is 0 Å². The number of halogens is 2. The van der Waals surface area contributed by atoms with Gasteiger partial charge in [-0.2, -0.15) is 0 Å². The molecule has 126 valence electrons. The van der Waals surface area contributed by atoms with Gasteiger partial charge in [-0.05, 0) is 64.8 Å². The summed E-state index contributed by atoms with van der Waals surface area (Å²) in [6, 6.07) is 8.60. The van der Waals surface area contributed by atoms with Gasteiger partial charge >= 0.3 is 7.60 Å². The fourth-order valence-corrected chi connectivity index (χ4v) is 9.64. The smallest absolute Gasteiger partial charge is 0.324 e. The molecule has 0 bridgehead atoms. The highest BCUT2D eigenvalue weighted by atomic mass is 79.9. The van der Waals surface area contributed by atoms with Crippen molar-refractivity contribution in [1.82, 2.24) is 0 Å². The summed E-state index contributed by atoms with van der Waals surface area (Å²) in [4.78, 5) is 0. The SMILES string of the molecule is CCOP(=O)(OCC)C(Br)(Br)[P@](=O)(OCC)c1ccccc1. The first-order valence-electron chi connectivity index (χ1n) is 6.86. The molecule has 0 radical (unpaired) electrons. The number of hydrogen-bond donors (Lipinski definition) is 0. The van der Waals surface area contributed by atoms with Crippen LogP contribution in [-0.2, 0) is 22.7 Å². The lowest BCUT2D eigenvalue weighted by Crippen LogP contribution is -2.25. The standard InChI is InChI=1S/C13H20Br2O5P2/c1-4-18-21(16,12-10-8-7-9-11-12)13(14,15)22(17,19-5-2)20-6-3/h7-11H,4-6H2,1-3H3/t21-/m1/s1. The van der Waals surface area contributed by atoms with Crippen LogP contribution in [0.2, 0.25) is 0 Å². The molecule has 0 unspecified atom stereocenters. The summed E-state index contributed by atoms with van der Waals surface area (Å²) in [5.74, 6) is 0. The Bertz CT molecular complexity index is 555. The zero-order chi connectivity index (χ0) is 16.9. The fourth-order valence-electron chi connectivity index (χ4n) is 1.81. The molecule has 0 aliphatic heterocycles. The molecule has 0 fully saturated rings. The van der Waals surface area contributed by atoms with Crippen molar-refractivity contribution in [3.63, 3.8) is 0 Å². The van der Waals surface area contributed by atoms with Crippen LogP contribution in [-0.4, -0.2) is 22.5 Å². The first-order valence-corrected chi connectivity index (χ1v) is 11.6. The van der Waals surface area contributed by atoms with Gasteiger partial charge in [0.05, 0.1) is 19.8 Å². The normalized spacial score (nSPS) is 15.5. The van der Waals surface area contributed by atoms with E-state index >= 15 is 0 Å². The minimum Gasteiger partial charge on any atom is -0.324 e. The summed E-state index contributed by atoms with van der Waals surface area (Å²) in [6.45, 7) is 5.58. The lowest BCUT2D eigenvalue weighted by molar-refractivity contribution is 0.219. The summed E-state index contributed by atoms with van der Waals surface area (Å²) in [5.41, 5.74) is 0. The Morgan fingerprint density at radius 2 is 1.36 bits per heavy atom. The molecule has 0 heterocycles. The second kappa shape index (κ2) is 8.57. The maximum atomic E-state index is 13.6. The number of benzene rings is 1. The summed E-state index contributed by atoms with van der Waals surface area (Å²) in [7, 11) is -7.43. The summed E-state index contributed by atoms with van der Waals surface area (Å²) in [6.07, 6.45) is 0. The van der Waals surface area contributed by atoms with Crippen molar-refractivity contribution >= 4 is 52.1 Å². The highest BCUT2D eigenvalue weighted by Gasteiger charge is 2.62. The second-order valence-electron chi connectivity index (χ2n) is 4.15. The van der Waals surface area contributed by atoms with Crippen molar-refractivity contribution in [2.45, 2.75) is 23.5 Å². The lowest BCUT2D eigenvalue weighted by atomic mass is 10.4. The van der Waals surface area contributed by atoms with E-state index in [1.807, 2.05) is 0 Å². The van der Waals surface area contributed by atoms with E-state index in [4.69, 9.17) is 13.6 Å². The average Bonchev–Trinajstić information content (AvgIpc) is 2.48. The van der Waals surface area contributed by atoms with Crippen molar-refractivity contribution in [2.75, 3.05) is 19.8 Å². The Labute approximate surface area is 148 Å². The quantitative estimate of drug-likeness (QED) is 0.357. The Morgan fingerprint density at radius 1 is 0.909 bits per heavy atom. The molecule has 1 rings (SSSR count). The van der Waals surface area contributed by atoms with Crippen molar-refractivity contribution in [3.8, 4) is 0 Å². The molecule has 0 saturated heterocycles. The largest absolute Gasteiger partial charge is 0.368 e. The van der Waals surface area contributed by atoms with Gasteiger partial charge in [0.2, 0.25) is 0 Å². The molecule has 0 saturated carbocycles. The molecular formula is C13H20Br2O5P2. The molecule has 1 atom stereocenters. The molecule has 5 nitrogen and oxygen atoms in total. The topological polar surface area (TPSA) is 61.8 Å². The van der Waals surface area contributed by atoms with Crippen molar-refractivity contribution in [2.24, 2.45) is 0 Å². The van der Waals surface area contributed by atoms with Gasteiger partial charge < -0.3 is 13.6 Å². The molecule has 0 spiro atoms. The van der Waals surface area contributed by atoms with Gasteiger partial charge in [0.15, 0.2) is 0 Å². The van der Waals surface area contributed by atoms with E-state index in [2.05, 4.69) is 31.9 Å². The highest BCUT2D eigenvalue weighted by molar-refractivity contribution is 9.29. The highest BCUT2D eigenvalue weighted by Crippen LogP contribution is 2.82. The molecule has 0 aliphatic rings. The van der Waals surface area contributed by atoms with Crippen LogP contribution in [0.5, 0.6) is 0 Å². The van der Waals surface area contributed by atoms with E-state index in [1.54, 1.807) is 51.1 Å². The molecule has 22 heavy (non-hydrogen) atoms. The molecule has 0 aliphatic carbocycles. The van der Waals surface area contributed by atoms with Gasteiger partial charge in [-0.15, -0.1) is 0 Å². The number of hydrogen-bond acceptors (Lipinski definition) is 5. The van der Waals surface area contributed by atoms with Crippen molar-refractivity contribution in [1.29, 1.82) is 0 Å². The Morgan fingerprint density at radius 3 is 1.77 bits per heavy atom. The summed E-state index contributed by atoms with van der Waals surface area (Å²) < 4.78 is 41.3. The molecular weight excluding hydrogens is 458 g/mol. The molecule has 0 amide bonds. The predicted octanol–water partition coefficient (Wildman–Crippen LogP) is 5.29. The van der Waals surface area contributed by atoms with Crippen LogP contribution in [0.3, 0.4) is 0 Å². The minimum atomic E-state index is -3.79. The van der Waals surface area contributed by atoms with Crippen LogP contribution in [0.4, 0.5) is 0 Å². The van der Waals surface area contributed by atoms with Crippen LogP contribution in [0.15, 0.2) is 30.3 Å². The minimum absolute atomic E-state index is 0.150. The Hall–Kier alpha value is 0.520. The zero-order valence-corrected chi connectivity index (χ0v) is 17.7. The molecule has 0 aromatic heterocycles. The number of rotatable bonds is 9. The molecule has 1 aromatic rings. The van der Waals surface area contributed by atoms with E-state index in [9.17, 15) is 9.13 Å². The van der Waals surface area contributed by atoms with Gasteiger partial charge in [0.25, 0.3) is 10.1 Å². The fraction of sp³-hybridized carbons (Fsp3) is 0.538. The van der Waals surface area contributed by atoms with Gasteiger partial charge in [-0.1, -0.05) is 18.2 Å². The van der Waals surface area contributed by atoms with Crippen LogP contribution in [0.1, 0.15) is 20.8 Å².